The highest BCUT2D eigenvalue weighted by molar-refractivity contribution is 7.90. The van der Waals surface area contributed by atoms with Gasteiger partial charge in [-0.2, -0.15) is 0 Å². The molecular formula is C20H19Cl2FN4O3S. The Balaban J connectivity index is 1.94. The van der Waals surface area contributed by atoms with Gasteiger partial charge in [-0.05, 0) is 51.1 Å². The van der Waals surface area contributed by atoms with Crippen LogP contribution in [0.3, 0.4) is 0 Å². The van der Waals surface area contributed by atoms with Crippen LogP contribution in [0.2, 0.25) is 10.0 Å². The molecule has 0 spiro atoms. The molecule has 1 amide bonds. The largest absolute Gasteiger partial charge is 0.382 e. The van der Waals surface area contributed by atoms with Crippen molar-refractivity contribution in [3.8, 4) is 5.69 Å². The summed E-state index contributed by atoms with van der Waals surface area (Å²) in [6.45, 7) is 5.18. The van der Waals surface area contributed by atoms with E-state index in [0.717, 1.165) is 6.07 Å². The predicted octanol–water partition coefficient (Wildman–Crippen LogP) is 4.57. The van der Waals surface area contributed by atoms with E-state index in [9.17, 15) is 17.6 Å². The number of hydrogen-bond acceptors (Lipinski definition) is 5. The number of hydrogen-bond donors (Lipinski definition) is 2. The molecule has 0 bridgehead atoms. The number of halogens is 3. The molecule has 3 aromatic rings. The lowest BCUT2D eigenvalue weighted by Crippen LogP contribution is -2.32. The summed E-state index contributed by atoms with van der Waals surface area (Å²) in [7, 11) is -4.52. The molecular weight excluding hydrogens is 466 g/mol. The Morgan fingerprint density at radius 3 is 2.42 bits per heavy atom. The summed E-state index contributed by atoms with van der Waals surface area (Å²) in [6.07, 6.45) is 1.34. The summed E-state index contributed by atoms with van der Waals surface area (Å²) < 4.78 is 43.4. The number of imidazole rings is 1. The van der Waals surface area contributed by atoms with Crippen molar-refractivity contribution in [3.63, 3.8) is 0 Å². The molecule has 0 radical (unpaired) electrons. The SMILES string of the molecule is Cc1nc(C(=O)NS(=O)(=O)c2c(F)cccc2NC(C)C)cn1-c1cc(Cl)cc(Cl)c1. The van der Waals surface area contributed by atoms with Crippen LogP contribution in [0.5, 0.6) is 0 Å². The molecule has 0 fully saturated rings. The Morgan fingerprint density at radius 1 is 1.16 bits per heavy atom. The number of aryl methyl sites for hydroxylation is 1. The number of rotatable bonds is 6. The fraction of sp³-hybridized carbons (Fsp3) is 0.200. The minimum atomic E-state index is -4.52. The van der Waals surface area contributed by atoms with Crippen LogP contribution in [-0.4, -0.2) is 29.9 Å². The third-order valence-electron chi connectivity index (χ3n) is 4.15. The average molecular weight is 485 g/mol. The summed E-state index contributed by atoms with van der Waals surface area (Å²) >= 11 is 12.0. The minimum absolute atomic E-state index is 0.0468. The molecule has 2 aromatic carbocycles. The van der Waals surface area contributed by atoms with Gasteiger partial charge in [0, 0.05) is 28.0 Å². The Morgan fingerprint density at radius 2 is 1.81 bits per heavy atom. The van der Waals surface area contributed by atoms with Crippen molar-refractivity contribution in [3.05, 3.63) is 70.0 Å². The number of benzene rings is 2. The lowest BCUT2D eigenvalue weighted by molar-refractivity contribution is 0.0977. The van der Waals surface area contributed by atoms with Crippen LogP contribution in [0.1, 0.15) is 30.2 Å². The molecule has 0 aliphatic heterocycles. The van der Waals surface area contributed by atoms with E-state index in [4.69, 9.17) is 23.2 Å². The minimum Gasteiger partial charge on any atom is -0.382 e. The Labute approximate surface area is 189 Å². The Kier molecular flexibility index (Phi) is 6.59. The van der Waals surface area contributed by atoms with Crippen LogP contribution in [0.25, 0.3) is 5.69 Å². The van der Waals surface area contributed by atoms with E-state index in [1.807, 2.05) is 4.72 Å². The van der Waals surface area contributed by atoms with E-state index < -0.39 is 26.6 Å². The van der Waals surface area contributed by atoms with Gasteiger partial charge < -0.3 is 9.88 Å². The van der Waals surface area contributed by atoms with Gasteiger partial charge in [-0.25, -0.2) is 22.5 Å². The molecule has 3 rings (SSSR count). The summed E-state index contributed by atoms with van der Waals surface area (Å²) in [6, 6.07) is 8.43. The molecule has 0 aliphatic carbocycles. The maximum Gasteiger partial charge on any atom is 0.285 e. The van der Waals surface area contributed by atoms with E-state index in [1.54, 1.807) is 39.0 Å². The molecule has 11 heteroatoms. The number of carbonyl (C=O) groups is 1. The van der Waals surface area contributed by atoms with Gasteiger partial charge in [0.15, 0.2) is 0 Å². The van der Waals surface area contributed by atoms with Crippen molar-refractivity contribution in [2.45, 2.75) is 31.7 Å². The number of sulfonamides is 1. The van der Waals surface area contributed by atoms with E-state index in [2.05, 4.69) is 10.3 Å². The lowest BCUT2D eigenvalue weighted by atomic mass is 10.3. The first-order chi connectivity index (χ1) is 14.5. The highest BCUT2D eigenvalue weighted by Gasteiger charge is 2.27. The van der Waals surface area contributed by atoms with Gasteiger partial charge in [0.2, 0.25) is 0 Å². The van der Waals surface area contributed by atoms with Gasteiger partial charge in [-0.15, -0.1) is 0 Å². The number of amides is 1. The van der Waals surface area contributed by atoms with Crippen molar-refractivity contribution in [2.75, 3.05) is 5.32 Å². The monoisotopic (exact) mass is 484 g/mol. The van der Waals surface area contributed by atoms with Gasteiger partial charge in [-0.1, -0.05) is 29.3 Å². The Bertz CT molecular complexity index is 1240. The first kappa shape index (κ1) is 23.1. The molecule has 31 heavy (non-hydrogen) atoms. The van der Waals surface area contributed by atoms with Crippen molar-refractivity contribution in [1.29, 1.82) is 0 Å². The highest BCUT2D eigenvalue weighted by atomic mass is 35.5. The summed E-state index contributed by atoms with van der Waals surface area (Å²) in [4.78, 5) is 16.1. The topological polar surface area (TPSA) is 93.1 Å². The fourth-order valence-corrected chi connectivity index (χ4v) is 4.66. The molecule has 0 aliphatic rings. The summed E-state index contributed by atoms with van der Waals surface area (Å²) in [5, 5.41) is 3.63. The van der Waals surface area contributed by atoms with E-state index >= 15 is 0 Å². The molecule has 0 saturated carbocycles. The van der Waals surface area contributed by atoms with Crippen molar-refractivity contribution in [2.24, 2.45) is 0 Å². The Hall–Kier alpha value is -2.62. The van der Waals surface area contributed by atoms with Crippen LogP contribution < -0.4 is 10.0 Å². The van der Waals surface area contributed by atoms with Gasteiger partial charge in [0.25, 0.3) is 15.9 Å². The molecule has 164 valence electrons. The zero-order chi connectivity index (χ0) is 22.9. The van der Waals surface area contributed by atoms with E-state index in [-0.39, 0.29) is 17.4 Å². The average Bonchev–Trinajstić information content (AvgIpc) is 3.02. The molecule has 1 aromatic heterocycles. The van der Waals surface area contributed by atoms with Gasteiger partial charge in [0.1, 0.15) is 22.2 Å². The van der Waals surface area contributed by atoms with Gasteiger partial charge >= 0.3 is 0 Å². The normalized spacial score (nSPS) is 11.6. The number of anilines is 1. The molecule has 1 heterocycles. The zero-order valence-corrected chi connectivity index (χ0v) is 19.1. The molecule has 7 nitrogen and oxygen atoms in total. The van der Waals surface area contributed by atoms with Crippen LogP contribution in [0.15, 0.2) is 47.5 Å². The number of carbonyl (C=O) groups excluding carboxylic acids is 1. The van der Waals surface area contributed by atoms with Crippen LogP contribution in [0, 0.1) is 12.7 Å². The first-order valence-corrected chi connectivity index (χ1v) is 11.4. The third-order valence-corrected chi connectivity index (χ3v) is 5.99. The molecule has 0 saturated heterocycles. The summed E-state index contributed by atoms with van der Waals surface area (Å²) in [5.74, 6) is -1.59. The molecule has 0 atom stereocenters. The second-order valence-corrected chi connectivity index (χ2v) is 9.51. The molecule has 2 N–H and O–H groups in total. The maximum absolute atomic E-state index is 14.4. The van der Waals surface area contributed by atoms with Crippen molar-refractivity contribution < 1.29 is 17.6 Å². The second kappa shape index (κ2) is 8.86. The number of nitrogens with zero attached hydrogens (tertiary/aromatic N) is 2. The van der Waals surface area contributed by atoms with E-state index in [1.165, 1.54) is 22.9 Å². The number of aromatic nitrogens is 2. The molecule has 0 unspecified atom stereocenters. The van der Waals surface area contributed by atoms with Crippen LogP contribution >= 0.6 is 23.2 Å². The quantitative estimate of drug-likeness (QED) is 0.534. The highest BCUT2D eigenvalue weighted by Crippen LogP contribution is 2.26. The standard InChI is InChI=1S/C20H19Cl2FN4O3S/c1-11(2)24-17-6-4-5-16(23)19(17)31(29,30)26-20(28)18-10-27(12(3)25-18)15-8-13(21)7-14(22)9-15/h4-11,24H,1-3H3,(H,26,28). The van der Waals surface area contributed by atoms with Crippen molar-refractivity contribution in [1.82, 2.24) is 14.3 Å². The van der Waals surface area contributed by atoms with E-state index in [0.29, 0.717) is 21.6 Å². The second-order valence-electron chi connectivity index (χ2n) is 7.02. The lowest BCUT2D eigenvalue weighted by Gasteiger charge is -2.15. The zero-order valence-electron chi connectivity index (χ0n) is 16.8. The van der Waals surface area contributed by atoms with Crippen LogP contribution in [0.4, 0.5) is 10.1 Å². The summed E-state index contributed by atoms with van der Waals surface area (Å²) in [5.41, 5.74) is 0.416. The third kappa shape index (κ3) is 5.17. The smallest absolute Gasteiger partial charge is 0.285 e. The maximum atomic E-state index is 14.4. The fourth-order valence-electron chi connectivity index (χ4n) is 2.95. The number of nitrogens with one attached hydrogen (secondary N) is 2. The van der Waals surface area contributed by atoms with Crippen molar-refractivity contribution >= 4 is 44.8 Å². The predicted molar refractivity (Wildman–Crippen MR) is 118 cm³/mol. The van der Waals surface area contributed by atoms with Gasteiger partial charge in [0.05, 0.1) is 5.69 Å². The van der Waals surface area contributed by atoms with Gasteiger partial charge in [-0.3, -0.25) is 4.79 Å². The first-order valence-electron chi connectivity index (χ1n) is 9.12. The van der Waals surface area contributed by atoms with Crippen LogP contribution in [-0.2, 0) is 10.0 Å².